The lowest BCUT2D eigenvalue weighted by Gasteiger charge is -2.07. The molecule has 0 unspecified atom stereocenters. The maximum Gasteiger partial charge on any atom is 0.0706 e. The number of fused-ring (bicyclic) bond motifs is 2. The second-order valence-electron chi connectivity index (χ2n) is 9.19. The van der Waals surface area contributed by atoms with E-state index in [1.165, 1.54) is 77.0 Å². The van der Waals surface area contributed by atoms with Gasteiger partial charge in [0.1, 0.15) is 0 Å². The summed E-state index contributed by atoms with van der Waals surface area (Å²) in [6.07, 6.45) is 11.9. The van der Waals surface area contributed by atoms with Gasteiger partial charge >= 0.3 is 0 Å². The van der Waals surface area contributed by atoms with Crippen LogP contribution in [0, 0.1) is 0 Å². The van der Waals surface area contributed by atoms with E-state index in [-0.39, 0.29) is 0 Å². The van der Waals surface area contributed by atoms with Crippen molar-refractivity contribution in [3.8, 4) is 0 Å². The lowest BCUT2D eigenvalue weighted by molar-refractivity contribution is 0.666. The number of hydrogen-bond donors (Lipinski definition) is 0. The van der Waals surface area contributed by atoms with E-state index in [1.54, 1.807) is 5.57 Å². The molecule has 1 heterocycles. The molecule has 0 aliphatic carbocycles. The number of rotatable bonds is 11. The Labute approximate surface area is 199 Å². The van der Waals surface area contributed by atoms with E-state index in [1.807, 2.05) is 0 Å². The Bertz CT molecular complexity index is 1220. The van der Waals surface area contributed by atoms with Gasteiger partial charge in [-0.25, -0.2) is 0 Å². The van der Waals surface area contributed by atoms with E-state index in [9.17, 15) is 0 Å². The van der Waals surface area contributed by atoms with E-state index in [4.69, 9.17) is 5.10 Å². The van der Waals surface area contributed by atoms with Gasteiger partial charge in [-0.1, -0.05) is 93.3 Å². The third kappa shape index (κ3) is 5.55. The van der Waals surface area contributed by atoms with Crippen molar-refractivity contribution in [1.29, 1.82) is 0 Å². The minimum absolute atomic E-state index is 0.901. The Balaban J connectivity index is 1.63. The summed E-state index contributed by atoms with van der Waals surface area (Å²) in [6, 6.07) is 22.3. The molecular formula is C31H38N2. The predicted octanol–water partition coefficient (Wildman–Crippen LogP) is 8.76. The predicted molar refractivity (Wildman–Crippen MR) is 144 cm³/mol. The third-order valence-electron chi connectivity index (χ3n) is 6.70. The molecule has 0 bridgehead atoms. The van der Waals surface area contributed by atoms with E-state index in [0.717, 1.165) is 19.4 Å². The Morgan fingerprint density at radius 3 is 2.48 bits per heavy atom. The van der Waals surface area contributed by atoms with Crippen molar-refractivity contribution in [3.63, 3.8) is 0 Å². The van der Waals surface area contributed by atoms with Gasteiger partial charge in [-0.3, -0.25) is 4.68 Å². The van der Waals surface area contributed by atoms with Crippen LogP contribution in [0.15, 0.2) is 66.2 Å². The average Bonchev–Trinajstić information content (AvgIpc) is 3.20. The first kappa shape index (κ1) is 23.3. The molecule has 2 heteroatoms. The summed E-state index contributed by atoms with van der Waals surface area (Å²) in [5.41, 5.74) is 6.79. The summed E-state index contributed by atoms with van der Waals surface area (Å²) >= 11 is 0. The number of unbranched alkanes of at least 4 members (excludes halogenated alkanes) is 2. The topological polar surface area (TPSA) is 17.8 Å². The van der Waals surface area contributed by atoms with Crippen LogP contribution >= 0.6 is 0 Å². The average molecular weight is 439 g/mol. The maximum atomic E-state index is 5.02. The van der Waals surface area contributed by atoms with Gasteiger partial charge in [-0.2, -0.15) is 5.10 Å². The quantitative estimate of drug-likeness (QED) is 0.214. The zero-order valence-corrected chi connectivity index (χ0v) is 20.6. The van der Waals surface area contributed by atoms with Crippen LogP contribution in [0.4, 0.5) is 0 Å². The van der Waals surface area contributed by atoms with E-state index < -0.39 is 0 Å². The van der Waals surface area contributed by atoms with Crippen LogP contribution in [-0.2, 0) is 19.4 Å². The van der Waals surface area contributed by atoms with Crippen LogP contribution < -0.4 is 0 Å². The zero-order chi connectivity index (χ0) is 23.0. The summed E-state index contributed by atoms with van der Waals surface area (Å²) < 4.78 is 2.16. The fraction of sp³-hybridized carbons (Fsp3) is 0.387. The molecule has 0 atom stereocenters. The summed E-state index contributed by atoms with van der Waals surface area (Å²) in [6.45, 7) is 7.65. The molecule has 0 saturated carbocycles. The Hall–Kier alpha value is -2.87. The Kier molecular flexibility index (Phi) is 7.99. The van der Waals surface area contributed by atoms with Gasteiger partial charge in [0.2, 0.25) is 0 Å². The van der Waals surface area contributed by atoms with E-state index in [0.29, 0.717) is 0 Å². The van der Waals surface area contributed by atoms with Crippen LogP contribution in [0.1, 0.15) is 76.1 Å². The highest BCUT2D eigenvalue weighted by Crippen LogP contribution is 2.26. The van der Waals surface area contributed by atoms with E-state index in [2.05, 4.69) is 92.2 Å². The fourth-order valence-electron chi connectivity index (χ4n) is 4.97. The molecular weight excluding hydrogens is 400 g/mol. The summed E-state index contributed by atoms with van der Waals surface area (Å²) in [7, 11) is 0. The van der Waals surface area contributed by atoms with Crippen LogP contribution in [0.3, 0.4) is 0 Å². The number of nitrogens with zero attached hydrogens (tertiary/aromatic N) is 2. The number of aryl methyl sites for hydroxylation is 3. The van der Waals surface area contributed by atoms with Crippen molar-refractivity contribution >= 4 is 27.8 Å². The molecule has 3 aromatic carbocycles. The number of benzene rings is 3. The maximum absolute atomic E-state index is 5.02. The molecule has 1 aromatic heterocycles. The standard InChI is InChI=1S/C31H38N2/c1-4-7-8-13-24(12-5-2)22-25-18-21-31-29(23-25)30(32-33(31)6-3)20-19-27-16-11-15-26-14-9-10-17-28(26)27/h9-11,14-18,21-23H,4-8,12-13,19-20H2,1-3H3/b24-22-. The van der Waals surface area contributed by atoms with Gasteiger partial charge in [0.15, 0.2) is 0 Å². The SMILES string of the molecule is CCCCC/C(=C\c1ccc2c(c1)c(CCc1cccc3ccccc13)nn2CC)CCC. The van der Waals surface area contributed by atoms with Gasteiger partial charge in [0.25, 0.3) is 0 Å². The Morgan fingerprint density at radius 1 is 0.818 bits per heavy atom. The minimum Gasteiger partial charge on any atom is -0.265 e. The third-order valence-corrected chi connectivity index (χ3v) is 6.70. The van der Waals surface area contributed by atoms with Crippen molar-refractivity contribution in [1.82, 2.24) is 9.78 Å². The molecule has 33 heavy (non-hydrogen) atoms. The van der Waals surface area contributed by atoms with Gasteiger partial charge in [-0.05, 0) is 73.1 Å². The second kappa shape index (κ2) is 11.3. The van der Waals surface area contributed by atoms with Crippen LogP contribution in [-0.4, -0.2) is 9.78 Å². The first-order chi connectivity index (χ1) is 16.2. The summed E-state index contributed by atoms with van der Waals surface area (Å²) in [5, 5.41) is 9.01. The molecule has 172 valence electrons. The molecule has 0 fully saturated rings. The van der Waals surface area contributed by atoms with Crippen LogP contribution in [0.25, 0.3) is 27.8 Å². The monoisotopic (exact) mass is 438 g/mol. The molecule has 0 aliphatic rings. The van der Waals surface area contributed by atoms with E-state index >= 15 is 0 Å². The lowest BCUT2D eigenvalue weighted by atomic mass is 9.98. The van der Waals surface area contributed by atoms with Gasteiger partial charge in [0, 0.05) is 11.9 Å². The highest BCUT2D eigenvalue weighted by atomic mass is 15.3. The van der Waals surface area contributed by atoms with Gasteiger partial charge < -0.3 is 0 Å². The molecule has 2 nitrogen and oxygen atoms in total. The summed E-state index contributed by atoms with van der Waals surface area (Å²) in [5.74, 6) is 0. The van der Waals surface area contributed by atoms with Gasteiger partial charge in [0.05, 0.1) is 11.2 Å². The number of allylic oxidation sites excluding steroid dienone is 1. The summed E-state index contributed by atoms with van der Waals surface area (Å²) in [4.78, 5) is 0. The van der Waals surface area contributed by atoms with Gasteiger partial charge in [-0.15, -0.1) is 0 Å². The second-order valence-corrected chi connectivity index (χ2v) is 9.19. The first-order valence-corrected chi connectivity index (χ1v) is 12.9. The molecule has 0 spiro atoms. The lowest BCUT2D eigenvalue weighted by Crippen LogP contribution is -1.98. The van der Waals surface area contributed by atoms with Crippen molar-refractivity contribution in [2.75, 3.05) is 0 Å². The van der Waals surface area contributed by atoms with Crippen molar-refractivity contribution in [3.05, 3.63) is 83.1 Å². The highest BCUT2D eigenvalue weighted by molar-refractivity contribution is 5.86. The first-order valence-electron chi connectivity index (χ1n) is 12.9. The highest BCUT2D eigenvalue weighted by Gasteiger charge is 2.12. The Morgan fingerprint density at radius 2 is 1.67 bits per heavy atom. The van der Waals surface area contributed by atoms with Crippen LogP contribution in [0.2, 0.25) is 0 Å². The zero-order valence-electron chi connectivity index (χ0n) is 20.6. The molecule has 0 saturated heterocycles. The molecule has 0 radical (unpaired) electrons. The fourth-order valence-corrected chi connectivity index (χ4v) is 4.97. The van der Waals surface area contributed by atoms with Crippen molar-refractivity contribution < 1.29 is 0 Å². The largest absolute Gasteiger partial charge is 0.265 e. The molecule has 0 N–H and O–H groups in total. The normalized spacial score (nSPS) is 12.2. The molecule has 0 aliphatic heterocycles. The van der Waals surface area contributed by atoms with Crippen molar-refractivity contribution in [2.24, 2.45) is 0 Å². The number of aromatic nitrogens is 2. The molecule has 4 rings (SSSR count). The van der Waals surface area contributed by atoms with Crippen LogP contribution in [0.5, 0.6) is 0 Å². The molecule has 4 aromatic rings. The smallest absolute Gasteiger partial charge is 0.0706 e. The molecule has 0 amide bonds. The number of hydrogen-bond acceptors (Lipinski definition) is 1. The minimum atomic E-state index is 0.901. The van der Waals surface area contributed by atoms with Crippen molar-refractivity contribution in [2.45, 2.75) is 78.7 Å².